The van der Waals surface area contributed by atoms with Gasteiger partial charge < -0.3 is 44.6 Å². The molecule has 0 aliphatic rings. The normalized spacial score (nSPS) is 13.1. The Kier molecular flexibility index (Phi) is 14.2. The highest BCUT2D eigenvalue weighted by atomic mass is 16.2. The van der Waals surface area contributed by atoms with E-state index in [9.17, 15) is 19.2 Å². The van der Waals surface area contributed by atoms with Crippen molar-refractivity contribution in [2.45, 2.75) is 56.7 Å². The quantitative estimate of drug-likeness (QED) is 0.0627. The van der Waals surface area contributed by atoms with Crippen LogP contribution in [0, 0.1) is 0 Å². The summed E-state index contributed by atoms with van der Waals surface area (Å²) in [6.45, 7) is 0.330. The van der Waals surface area contributed by atoms with Crippen molar-refractivity contribution in [3.8, 4) is 0 Å². The molecule has 0 unspecified atom stereocenters. The molecule has 3 atom stereocenters. The van der Waals surface area contributed by atoms with Gasteiger partial charge >= 0.3 is 0 Å². The van der Waals surface area contributed by atoms with Gasteiger partial charge in [0.25, 0.3) is 0 Å². The van der Waals surface area contributed by atoms with E-state index < -0.39 is 41.8 Å². The molecule has 1 rings (SSSR count). The van der Waals surface area contributed by atoms with Gasteiger partial charge in [-0.05, 0) is 50.6 Å². The van der Waals surface area contributed by atoms with Crippen LogP contribution in [-0.4, -0.2) is 67.3 Å². The third kappa shape index (κ3) is 12.7. The molecular formula is C23H39N9O4. The summed E-state index contributed by atoms with van der Waals surface area (Å²) in [6.07, 6.45) is 2.44. The number of benzene rings is 1. The highest BCUT2D eigenvalue weighted by molar-refractivity contribution is 5.93. The zero-order valence-electron chi connectivity index (χ0n) is 20.4. The van der Waals surface area contributed by atoms with Crippen molar-refractivity contribution in [1.82, 2.24) is 16.0 Å². The minimum absolute atomic E-state index is 0.0783. The molecule has 1 aromatic rings. The molecule has 0 heterocycles. The monoisotopic (exact) mass is 505 g/mol. The average molecular weight is 506 g/mol. The van der Waals surface area contributed by atoms with Crippen LogP contribution in [0.25, 0.3) is 0 Å². The van der Waals surface area contributed by atoms with Crippen LogP contribution in [0.15, 0.2) is 35.3 Å². The van der Waals surface area contributed by atoms with Gasteiger partial charge in [0, 0.05) is 6.54 Å². The molecule has 0 saturated heterocycles. The van der Waals surface area contributed by atoms with Crippen LogP contribution < -0.4 is 44.6 Å². The standard InChI is InChI=1S/C23H39N9O4/c24-11-5-4-9-18(22(36)32-17(20(26)34)10-6-12-29-23(27)28)31-19(33)14-30-21(35)16(25)13-15-7-2-1-3-8-15/h1-3,7-8,16-18H,4-6,9-14,24-25H2,(H2,26,34)(H,30,35)(H,31,33)(H,32,36)(H4,27,28,29)/t16-,17-,18-/m0/s1. The summed E-state index contributed by atoms with van der Waals surface area (Å²) in [5, 5.41) is 7.64. The number of aliphatic imine (C=N–C) groups is 1. The molecular weight excluding hydrogens is 466 g/mol. The number of hydrogen-bond acceptors (Lipinski definition) is 7. The lowest BCUT2D eigenvalue weighted by atomic mass is 10.1. The van der Waals surface area contributed by atoms with Gasteiger partial charge in [0.05, 0.1) is 12.6 Å². The van der Waals surface area contributed by atoms with Crippen LogP contribution in [0.4, 0.5) is 0 Å². The molecule has 0 bridgehead atoms. The second-order valence-corrected chi connectivity index (χ2v) is 8.33. The second kappa shape index (κ2) is 16.8. The highest BCUT2D eigenvalue weighted by Crippen LogP contribution is 2.05. The van der Waals surface area contributed by atoms with E-state index in [1.807, 2.05) is 30.3 Å². The molecule has 13 N–H and O–H groups in total. The zero-order valence-corrected chi connectivity index (χ0v) is 20.4. The van der Waals surface area contributed by atoms with Gasteiger partial charge in [-0.25, -0.2) is 0 Å². The maximum absolute atomic E-state index is 12.8. The number of amides is 4. The summed E-state index contributed by atoms with van der Waals surface area (Å²) in [6, 6.07) is 6.51. The predicted molar refractivity (Wildman–Crippen MR) is 137 cm³/mol. The number of unbranched alkanes of at least 4 members (excludes halogenated alkanes) is 1. The molecule has 0 spiro atoms. The van der Waals surface area contributed by atoms with Gasteiger partial charge in [0.1, 0.15) is 12.1 Å². The van der Waals surface area contributed by atoms with Crippen molar-refractivity contribution in [3.05, 3.63) is 35.9 Å². The molecule has 0 aromatic heterocycles. The van der Waals surface area contributed by atoms with Crippen molar-refractivity contribution >= 4 is 29.6 Å². The van der Waals surface area contributed by atoms with Gasteiger partial charge in [-0.1, -0.05) is 30.3 Å². The van der Waals surface area contributed by atoms with Crippen molar-refractivity contribution in [2.24, 2.45) is 33.7 Å². The van der Waals surface area contributed by atoms with E-state index in [1.54, 1.807) is 0 Å². The number of rotatable bonds is 17. The summed E-state index contributed by atoms with van der Waals surface area (Å²) in [4.78, 5) is 53.2. The van der Waals surface area contributed by atoms with Gasteiger partial charge in [-0.3, -0.25) is 24.2 Å². The molecule has 200 valence electrons. The summed E-state index contributed by atoms with van der Waals surface area (Å²) >= 11 is 0. The second-order valence-electron chi connectivity index (χ2n) is 8.33. The lowest BCUT2D eigenvalue weighted by molar-refractivity contribution is -0.132. The number of nitrogens with two attached hydrogens (primary N) is 5. The smallest absolute Gasteiger partial charge is 0.243 e. The van der Waals surface area contributed by atoms with Crippen LogP contribution in [-0.2, 0) is 25.6 Å². The van der Waals surface area contributed by atoms with E-state index in [1.165, 1.54) is 0 Å². The van der Waals surface area contributed by atoms with Crippen LogP contribution in [0.1, 0.15) is 37.7 Å². The van der Waals surface area contributed by atoms with E-state index >= 15 is 0 Å². The third-order valence-electron chi connectivity index (χ3n) is 5.26. The van der Waals surface area contributed by atoms with E-state index in [-0.39, 0.29) is 31.9 Å². The first-order valence-corrected chi connectivity index (χ1v) is 11.9. The number of nitrogens with zero attached hydrogens (tertiary/aromatic N) is 1. The number of nitrogens with one attached hydrogen (secondary N) is 3. The maximum atomic E-state index is 12.8. The van der Waals surface area contributed by atoms with E-state index in [2.05, 4.69) is 20.9 Å². The Morgan fingerprint density at radius 1 is 0.861 bits per heavy atom. The summed E-state index contributed by atoms with van der Waals surface area (Å²) in [7, 11) is 0. The van der Waals surface area contributed by atoms with Crippen LogP contribution >= 0.6 is 0 Å². The first-order valence-electron chi connectivity index (χ1n) is 11.9. The number of hydrogen-bond donors (Lipinski definition) is 8. The highest BCUT2D eigenvalue weighted by Gasteiger charge is 2.25. The molecule has 0 aliphatic carbocycles. The molecule has 1 aromatic carbocycles. The Morgan fingerprint density at radius 3 is 2.14 bits per heavy atom. The van der Waals surface area contributed by atoms with E-state index in [0.29, 0.717) is 32.2 Å². The van der Waals surface area contributed by atoms with E-state index in [4.69, 9.17) is 28.7 Å². The predicted octanol–water partition coefficient (Wildman–Crippen LogP) is -2.69. The Labute approximate surface area is 211 Å². The molecule has 0 aliphatic heterocycles. The number of primary amides is 1. The number of carbonyl (C=O) groups excluding carboxylic acids is 4. The van der Waals surface area contributed by atoms with Crippen molar-refractivity contribution < 1.29 is 19.2 Å². The molecule has 0 fully saturated rings. The lowest BCUT2D eigenvalue weighted by Crippen LogP contribution is -2.54. The molecule has 13 heteroatoms. The van der Waals surface area contributed by atoms with Gasteiger partial charge in [-0.15, -0.1) is 0 Å². The number of carbonyl (C=O) groups is 4. The largest absolute Gasteiger partial charge is 0.370 e. The van der Waals surface area contributed by atoms with Gasteiger partial charge in [-0.2, -0.15) is 0 Å². The Hall–Kier alpha value is -3.71. The summed E-state index contributed by atoms with van der Waals surface area (Å²) < 4.78 is 0. The summed E-state index contributed by atoms with van der Waals surface area (Å²) in [5.41, 5.74) is 28.3. The maximum Gasteiger partial charge on any atom is 0.243 e. The first kappa shape index (κ1) is 30.3. The van der Waals surface area contributed by atoms with Crippen molar-refractivity contribution in [3.63, 3.8) is 0 Å². The topological polar surface area (TPSA) is 247 Å². The average Bonchev–Trinajstić information content (AvgIpc) is 2.84. The van der Waals surface area contributed by atoms with Crippen molar-refractivity contribution in [2.75, 3.05) is 19.6 Å². The minimum Gasteiger partial charge on any atom is -0.370 e. The molecule has 36 heavy (non-hydrogen) atoms. The van der Waals surface area contributed by atoms with Gasteiger partial charge in [0.2, 0.25) is 23.6 Å². The fraction of sp³-hybridized carbons (Fsp3) is 0.522. The zero-order chi connectivity index (χ0) is 26.9. The third-order valence-corrected chi connectivity index (χ3v) is 5.26. The first-order chi connectivity index (χ1) is 17.1. The van der Waals surface area contributed by atoms with Gasteiger partial charge in [0.15, 0.2) is 5.96 Å². The molecule has 13 nitrogen and oxygen atoms in total. The molecule has 0 radical (unpaired) electrons. The lowest BCUT2D eigenvalue weighted by Gasteiger charge is -2.22. The summed E-state index contributed by atoms with van der Waals surface area (Å²) in [5.74, 6) is -2.44. The Balaban J connectivity index is 2.65. The Bertz CT molecular complexity index is 876. The SMILES string of the molecule is NCCCC[C@H](NC(=O)CNC(=O)[C@@H](N)Cc1ccccc1)C(=O)N[C@@H](CCCN=C(N)N)C(N)=O. The Morgan fingerprint density at radius 2 is 1.53 bits per heavy atom. The molecule has 4 amide bonds. The minimum atomic E-state index is -0.962. The molecule has 0 saturated carbocycles. The number of guanidine groups is 1. The van der Waals surface area contributed by atoms with Crippen LogP contribution in [0.2, 0.25) is 0 Å². The fourth-order valence-corrected chi connectivity index (χ4v) is 3.33. The van der Waals surface area contributed by atoms with Crippen LogP contribution in [0.5, 0.6) is 0 Å². The van der Waals surface area contributed by atoms with Crippen molar-refractivity contribution in [1.29, 1.82) is 0 Å². The fourth-order valence-electron chi connectivity index (χ4n) is 3.33. The van der Waals surface area contributed by atoms with Crippen LogP contribution in [0.3, 0.4) is 0 Å². The van der Waals surface area contributed by atoms with E-state index in [0.717, 1.165) is 5.56 Å².